The third-order valence-corrected chi connectivity index (χ3v) is 4.40. The maximum absolute atomic E-state index is 4.71. The second-order valence-electron chi connectivity index (χ2n) is 5.97. The van der Waals surface area contributed by atoms with Crippen molar-refractivity contribution in [2.24, 2.45) is 0 Å². The Bertz CT molecular complexity index is 602. The molecule has 0 N–H and O–H groups in total. The summed E-state index contributed by atoms with van der Waals surface area (Å²) in [6.07, 6.45) is 7.42. The first-order chi connectivity index (χ1) is 9.67. The van der Waals surface area contributed by atoms with E-state index in [-0.39, 0.29) is 0 Å². The van der Waals surface area contributed by atoms with Crippen molar-refractivity contribution >= 4 is 5.78 Å². The van der Waals surface area contributed by atoms with Crippen LogP contribution in [-0.4, -0.2) is 31.9 Å². The van der Waals surface area contributed by atoms with Crippen LogP contribution in [0.2, 0.25) is 0 Å². The molecule has 2 aromatic rings. The van der Waals surface area contributed by atoms with Gasteiger partial charge in [-0.15, -0.1) is 0 Å². The molecule has 3 rings (SSSR count). The zero-order valence-electron chi connectivity index (χ0n) is 12.8. The van der Waals surface area contributed by atoms with Gasteiger partial charge < -0.3 is 0 Å². The van der Waals surface area contributed by atoms with Gasteiger partial charge in [-0.05, 0) is 45.7 Å². The van der Waals surface area contributed by atoms with E-state index < -0.39 is 0 Å². The maximum atomic E-state index is 4.71. The number of fused-ring (bicyclic) bond motifs is 1. The lowest BCUT2D eigenvalue weighted by Crippen LogP contribution is -2.38. The molecule has 1 fully saturated rings. The zero-order valence-corrected chi connectivity index (χ0v) is 12.8. The summed E-state index contributed by atoms with van der Waals surface area (Å²) in [5.41, 5.74) is 3.39. The number of piperidine rings is 1. The maximum Gasteiger partial charge on any atom is 0.234 e. The highest BCUT2D eigenvalue weighted by Crippen LogP contribution is 2.21. The van der Waals surface area contributed by atoms with Crippen LogP contribution in [0.25, 0.3) is 5.78 Å². The summed E-state index contributed by atoms with van der Waals surface area (Å²) in [6.45, 7) is 8.60. The average Bonchev–Trinajstić information content (AvgIpc) is 2.82. The standard InChI is InChI=1S/C16H24N4/c1-4-15-7-5-6-8-19(15)10-14-11-20-13(3)9-12(2)17-16(20)18-14/h9,11,15H,4-8,10H2,1-3H3/t15-/m1/s1. The Morgan fingerprint density at radius 2 is 2.10 bits per heavy atom. The van der Waals surface area contributed by atoms with Crippen molar-refractivity contribution in [2.75, 3.05) is 6.54 Å². The van der Waals surface area contributed by atoms with E-state index in [9.17, 15) is 0 Å². The Labute approximate surface area is 120 Å². The van der Waals surface area contributed by atoms with Gasteiger partial charge in [0.25, 0.3) is 0 Å². The van der Waals surface area contributed by atoms with E-state index in [1.807, 2.05) is 6.92 Å². The summed E-state index contributed by atoms with van der Waals surface area (Å²) < 4.78 is 2.10. The molecule has 0 saturated carbocycles. The molecule has 4 nitrogen and oxygen atoms in total. The van der Waals surface area contributed by atoms with E-state index in [1.165, 1.54) is 37.9 Å². The molecule has 0 bridgehead atoms. The molecule has 4 heteroatoms. The van der Waals surface area contributed by atoms with Crippen molar-refractivity contribution < 1.29 is 0 Å². The summed E-state index contributed by atoms with van der Waals surface area (Å²) in [5, 5.41) is 0. The van der Waals surface area contributed by atoms with Crippen LogP contribution >= 0.6 is 0 Å². The minimum absolute atomic E-state index is 0.726. The lowest BCUT2D eigenvalue weighted by Gasteiger charge is -2.34. The largest absolute Gasteiger partial charge is 0.295 e. The van der Waals surface area contributed by atoms with E-state index in [0.717, 1.165) is 29.8 Å². The second kappa shape index (κ2) is 5.52. The number of likely N-dealkylation sites (tertiary alicyclic amines) is 1. The van der Waals surface area contributed by atoms with Gasteiger partial charge in [0.05, 0.1) is 5.69 Å². The Morgan fingerprint density at radius 3 is 2.90 bits per heavy atom. The van der Waals surface area contributed by atoms with E-state index in [2.05, 4.69) is 40.4 Å². The van der Waals surface area contributed by atoms with Gasteiger partial charge in [0.1, 0.15) is 0 Å². The van der Waals surface area contributed by atoms with Gasteiger partial charge in [0.2, 0.25) is 5.78 Å². The zero-order chi connectivity index (χ0) is 14.1. The molecule has 108 valence electrons. The Hall–Kier alpha value is -1.42. The Morgan fingerprint density at radius 1 is 1.25 bits per heavy atom. The van der Waals surface area contributed by atoms with Crippen LogP contribution < -0.4 is 0 Å². The molecule has 0 radical (unpaired) electrons. The third kappa shape index (κ3) is 2.57. The molecule has 1 saturated heterocycles. The number of aromatic nitrogens is 3. The van der Waals surface area contributed by atoms with Gasteiger partial charge in [-0.1, -0.05) is 13.3 Å². The lowest BCUT2D eigenvalue weighted by molar-refractivity contribution is 0.134. The average molecular weight is 272 g/mol. The van der Waals surface area contributed by atoms with Crippen molar-refractivity contribution in [1.82, 2.24) is 19.3 Å². The van der Waals surface area contributed by atoms with E-state index >= 15 is 0 Å². The van der Waals surface area contributed by atoms with Gasteiger partial charge in [-0.3, -0.25) is 9.30 Å². The SMILES string of the molecule is CC[C@@H]1CCCCN1Cc1cn2c(C)cc(C)nc2n1. The predicted octanol–water partition coefficient (Wildman–Crippen LogP) is 3.11. The van der Waals surface area contributed by atoms with Gasteiger partial charge in [0.15, 0.2) is 0 Å². The molecule has 0 spiro atoms. The number of imidazole rings is 1. The molecule has 0 amide bonds. The topological polar surface area (TPSA) is 33.4 Å². The predicted molar refractivity (Wildman–Crippen MR) is 80.8 cm³/mol. The van der Waals surface area contributed by atoms with Crippen LogP contribution in [-0.2, 0) is 6.54 Å². The molecule has 2 aromatic heterocycles. The minimum Gasteiger partial charge on any atom is -0.295 e. The summed E-state index contributed by atoms with van der Waals surface area (Å²) in [4.78, 5) is 11.8. The van der Waals surface area contributed by atoms with Crippen molar-refractivity contribution in [3.8, 4) is 0 Å². The fourth-order valence-corrected chi connectivity index (χ4v) is 3.33. The molecule has 0 unspecified atom stereocenters. The minimum atomic E-state index is 0.726. The molecular formula is C16H24N4. The van der Waals surface area contributed by atoms with Crippen LogP contribution in [0.1, 0.15) is 49.7 Å². The lowest BCUT2D eigenvalue weighted by atomic mass is 10.00. The normalized spacial score (nSPS) is 20.6. The smallest absolute Gasteiger partial charge is 0.234 e. The molecule has 1 aliphatic heterocycles. The van der Waals surface area contributed by atoms with Crippen molar-refractivity contribution in [1.29, 1.82) is 0 Å². The highest BCUT2D eigenvalue weighted by Gasteiger charge is 2.21. The fraction of sp³-hybridized carbons (Fsp3) is 0.625. The van der Waals surface area contributed by atoms with Crippen LogP contribution in [0.15, 0.2) is 12.3 Å². The summed E-state index contributed by atoms with van der Waals surface area (Å²) in [6, 6.07) is 2.83. The highest BCUT2D eigenvalue weighted by atomic mass is 15.2. The molecule has 1 aliphatic rings. The van der Waals surface area contributed by atoms with Crippen LogP contribution in [0.4, 0.5) is 0 Å². The van der Waals surface area contributed by atoms with Gasteiger partial charge in [0, 0.05) is 30.2 Å². The Balaban J connectivity index is 1.85. The second-order valence-corrected chi connectivity index (χ2v) is 5.97. The van der Waals surface area contributed by atoms with E-state index in [1.54, 1.807) is 0 Å². The van der Waals surface area contributed by atoms with Crippen LogP contribution in [0, 0.1) is 13.8 Å². The van der Waals surface area contributed by atoms with Crippen LogP contribution in [0.3, 0.4) is 0 Å². The van der Waals surface area contributed by atoms with Crippen molar-refractivity contribution in [2.45, 2.75) is 59.0 Å². The number of nitrogens with zero attached hydrogens (tertiary/aromatic N) is 4. The number of rotatable bonds is 3. The summed E-state index contributed by atoms with van der Waals surface area (Å²) in [5.74, 6) is 0.836. The fourth-order valence-electron chi connectivity index (χ4n) is 3.33. The van der Waals surface area contributed by atoms with Gasteiger partial charge in [-0.2, -0.15) is 0 Å². The molecule has 0 aliphatic carbocycles. The summed E-state index contributed by atoms with van der Waals surface area (Å²) >= 11 is 0. The molecule has 1 atom stereocenters. The molecule has 0 aromatic carbocycles. The first-order valence-corrected chi connectivity index (χ1v) is 7.73. The van der Waals surface area contributed by atoms with E-state index in [0.29, 0.717) is 0 Å². The molecular weight excluding hydrogens is 248 g/mol. The van der Waals surface area contributed by atoms with Gasteiger partial charge >= 0.3 is 0 Å². The van der Waals surface area contributed by atoms with Crippen molar-refractivity contribution in [3.05, 3.63) is 29.3 Å². The van der Waals surface area contributed by atoms with E-state index in [4.69, 9.17) is 4.98 Å². The van der Waals surface area contributed by atoms with Crippen LogP contribution in [0.5, 0.6) is 0 Å². The van der Waals surface area contributed by atoms with Crippen molar-refractivity contribution in [3.63, 3.8) is 0 Å². The number of hydrogen-bond acceptors (Lipinski definition) is 3. The molecule has 20 heavy (non-hydrogen) atoms. The molecule has 3 heterocycles. The Kier molecular flexibility index (Phi) is 3.74. The van der Waals surface area contributed by atoms with Gasteiger partial charge in [-0.25, -0.2) is 9.97 Å². The first kappa shape index (κ1) is 13.6. The first-order valence-electron chi connectivity index (χ1n) is 7.73. The summed E-state index contributed by atoms with van der Waals surface area (Å²) in [7, 11) is 0. The highest BCUT2D eigenvalue weighted by molar-refractivity contribution is 5.34. The quantitative estimate of drug-likeness (QED) is 0.861. The number of aryl methyl sites for hydroxylation is 2. The third-order valence-electron chi connectivity index (χ3n) is 4.40. The number of hydrogen-bond donors (Lipinski definition) is 0. The monoisotopic (exact) mass is 272 g/mol.